The fourth-order valence-electron chi connectivity index (χ4n) is 7.56. The fraction of sp³-hybridized carbons (Fsp3) is 0.324. The van der Waals surface area contributed by atoms with E-state index in [-0.39, 0.29) is 17.2 Å². The van der Waals surface area contributed by atoms with Gasteiger partial charge in [-0.1, -0.05) is 115 Å². The van der Waals surface area contributed by atoms with Crippen LogP contribution < -0.4 is 10.4 Å². The van der Waals surface area contributed by atoms with Gasteiger partial charge < -0.3 is 9.53 Å². The van der Waals surface area contributed by atoms with Gasteiger partial charge in [-0.3, -0.25) is 4.90 Å². The van der Waals surface area contributed by atoms with Crippen LogP contribution in [0.2, 0.25) is 20.1 Å². The molecule has 1 heterocycles. The maximum Gasteiger partial charge on any atom is 0.258 e. The smallest absolute Gasteiger partial charge is 0.258 e. The van der Waals surface area contributed by atoms with Crippen LogP contribution in [0.1, 0.15) is 55.0 Å². The van der Waals surface area contributed by atoms with Crippen LogP contribution >= 0.6 is 34.8 Å². The van der Waals surface area contributed by atoms with Gasteiger partial charge in [0.25, 0.3) is 8.32 Å². The SMILES string of the molecule is CC(C)(C[C@@H]1CCN([C@H]2Cc3c(Cl)cc(Cl)cc3[C@@H]2OCc2ccc(C#N)cc2Cl)C1)[Si](O)(c1ccccc1)c1ccccc1. The zero-order chi connectivity index (χ0) is 31.8. The predicted molar refractivity (Wildman–Crippen MR) is 186 cm³/mol. The molecule has 0 radical (unpaired) electrons. The average Bonchev–Trinajstić information content (AvgIpc) is 3.65. The highest BCUT2D eigenvalue weighted by molar-refractivity contribution is 6.98. The Balaban J connectivity index is 1.24. The van der Waals surface area contributed by atoms with E-state index in [0.29, 0.717) is 33.2 Å². The molecule has 6 rings (SSSR count). The number of hydrogen-bond acceptors (Lipinski definition) is 4. The van der Waals surface area contributed by atoms with Gasteiger partial charge in [-0.05, 0) is 88.1 Å². The van der Waals surface area contributed by atoms with Gasteiger partial charge in [-0.15, -0.1) is 0 Å². The Morgan fingerprint density at radius 2 is 1.60 bits per heavy atom. The van der Waals surface area contributed by atoms with Crippen LogP contribution in [0.15, 0.2) is 91.0 Å². The van der Waals surface area contributed by atoms with Gasteiger partial charge in [0, 0.05) is 27.7 Å². The van der Waals surface area contributed by atoms with Crippen LogP contribution in [0.25, 0.3) is 0 Å². The van der Waals surface area contributed by atoms with Crippen LogP contribution in [0.5, 0.6) is 0 Å². The maximum absolute atomic E-state index is 12.7. The number of nitrogens with zero attached hydrogens (tertiary/aromatic N) is 2. The third-order valence-corrected chi connectivity index (χ3v) is 15.2. The molecule has 4 aromatic rings. The Bertz CT molecular complexity index is 1670. The maximum atomic E-state index is 12.7. The van der Waals surface area contributed by atoms with Gasteiger partial charge >= 0.3 is 0 Å². The van der Waals surface area contributed by atoms with Crippen molar-refractivity contribution in [3.63, 3.8) is 0 Å². The Morgan fingerprint density at radius 3 is 2.22 bits per heavy atom. The summed E-state index contributed by atoms with van der Waals surface area (Å²) in [7, 11) is -3.10. The van der Waals surface area contributed by atoms with Gasteiger partial charge in [0.15, 0.2) is 0 Å². The Hall–Kier alpha value is -2.66. The van der Waals surface area contributed by atoms with Crippen molar-refractivity contribution in [2.24, 2.45) is 5.92 Å². The van der Waals surface area contributed by atoms with Crippen LogP contribution in [0.3, 0.4) is 0 Å². The zero-order valence-corrected chi connectivity index (χ0v) is 28.8. The molecular weight excluding hydrogens is 639 g/mol. The zero-order valence-electron chi connectivity index (χ0n) is 25.5. The van der Waals surface area contributed by atoms with E-state index < -0.39 is 8.32 Å². The molecule has 0 aromatic heterocycles. The molecule has 0 saturated carbocycles. The number of halogens is 3. The highest BCUT2D eigenvalue weighted by Crippen LogP contribution is 2.47. The first-order valence-corrected chi connectivity index (χ1v) is 18.5. The first-order valence-electron chi connectivity index (χ1n) is 15.5. The summed E-state index contributed by atoms with van der Waals surface area (Å²) in [5.41, 5.74) is 3.47. The standard InChI is InChI=1S/C37H37Cl3N2O2Si/c1-37(2,45(43,29-9-5-3-6-10-29)30-11-7-4-8-12-30)21-26-15-16-42(23-26)35-20-31-32(18-28(38)19-34(31)40)36(35)44-24-27-14-13-25(22-41)17-33(27)39/h3-14,17-19,26,35-36,43H,15-16,20-21,23-24H2,1-2H3/t26-,35-,36-/m0/s1. The number of rotatable bonds is 9. The molecule has 1 aliphatic heterocycles. The number of ether oxygens (including phenoxy) is 1. The van der Waals surface area contributed by atoms with Gasteiger partial charge in [-0.2, -0.15) is 5.26 Å². The molecule has 1 fully saturated rings. The fourth-order valence-corrected chi connectivity index (χ4v) is 12.2. The normalized spacial score (nSPS) is 20.2. The van der Waals surface area contributed by atoms with Crippen LogP contribution in [0, 0.1) is 17.2 Å². The summed E-state index contributed by atoms with van der Waals surface area (Å²) >= 11 is 19.7. The molecule has 0 unspecified atom stereocenters. The minimum Gasteiger partial charge on any atom is -0.424 e. The summed E-state index contributed by atoms with van der Waals surface area (Å²) in [5, 5.41) is 12.8. The van der Waals surface area contributed by atoms with Crippen molar-refractivity contribution in [1.82, 2.24) is 4.90 Å². The van der Waals surface area contributed by atoms with Crippen molar-refractivity contribution in [1.29, 1.82) is 5.26 Å². The molecule has 232 valence electrons. The van der Waals surface area contributed by atoms with E-state index >= 15 is 0 Å². The molecular formula is C37H37Cl3N2O2Si. The summed E-state index contributed by atoms with van der Waals surface area (Å²) < 4.78 is 6.65. The van der Waals surface area contributed by atoms with E-state index in [9.17, 15) is 10.1 Å². The predicted octanol–water partition coefficient (Wildman–Crippen LogP) is 7.95. The summed E-state index contributed by atoms with van der Waals surface area (Å²) in [6.45, 7) is 6.68. The highest BCUT2D eigenvalue weighted by atomic mass is 35.5. The van der Waals surface area contributed by atoms with Crippen molar-refractivity contribution in [3.8, 4) is 6.07 Å². The number of fused-ring (bicyclic) bond motifs is 1. The molecule has 0 spiro atoms. The van der Waals surface area contributed by atoms with E-state index in [2.05, 4.69) is 49.1 Å². The van der Waals surface area contributed by atoms with Crippen LogP contribution in [-0.4, -0.2) is 37.1 Å². The molecule has 2 aliphatic rings. The molecule has 1 aliphatic carbocycles. The Labute approximate surface area is 282 Å². The Kier molecular flexibility index (Phi) is 9.48. The minimum atomic E-state index is -3.10. The lowest BCUT2D eigenvalue weighted by Crippen LogP contribution is -2.65. The lowest BCUT2D eigenvalue weighted by Gasteiger charge is -2.42. The number of benzene rings is 4. The Morgan fingerprint density at radius 1 is 0.933 bits per heavy atom. The van der Waals surface area contributed by atoms with Gasteiger partial charge in [-0.25, -0.2) is 0 Å². The lowest BCUT2D eigenvalue weighted by atomic mass is 9.95. The second-order valence-electron chi connectivity index (χ2n) is 13.1. The van der Waals surface area contributed by atoms with E-state index in [0.717, 1.165) is 59.4 Å². The monoisotopic (exact) mass is 674 g/mol. The summed E-state index contributed by atoms with van der Waals surface area (Å²) in [6.07, 6.45) is 2.51. The van der Waals surface area contributed by atoms with Crippen molar-refractivity contribution >= 4 is 53.5 Å². The molecule has 8 heteroatoms. The van der Waals surface area contributed by atoms with Crippen LogP contribution in [-0.2, 0) is 17.8 Å². The first-order chi connectivity index (χ1) is 21.6. The highest BCUT2D eigenvalue weighted by Gasteiger charge is 2.51. The summed E-state index contributed by atoms with van der Waals surface area (Å²) in [4.78, 5) is 15.3. The van der Waals surface area contributed by atoms with E-state index in [4.69, 9.17) is 39.5 Å². The van der Waals surface area contributed by atoms with Gasteiger partial charge in [0.2, 0.25) is 0 Å². The van der Waals surface area contributed by atoms with E-state index in [1.807, 2.05) is 54.6 Å². The molecule has 1 N–H and O–H groups in total. The first kappa shape index (κ1) is 32.3. The second-order valence-corrected chi connectivity index (χ2v) is 18.2. The number of hydrogen-bond donors (Lipinski definition) is 1. The molecule has 4 nitrogen and oxygen atoms in total. The van der Waals surface area contributed by atoms with E-state index in [1.165, 1.54) is 0 Å². The molecule has 4 aromatic carbocycles. The van der Waals surface area contributed by atoms with Gasteiger partial charge in [0.1, 0.15) is 0 Å². The number of nitriles is 1. The van der Waals surface area contributed by atoms with Crippen molar-refractivity contribution in [3.05, 3.63) is 128 Å². The third kappa shape index (κ3) is 6.35. The topological polar surface area (TPSA) is 56.5 Å². The summed E-state index contributed by atoms with van der Waals surface area (Å²) in [5.74, 6) is 0.419. The molecule has 0 bridgehead atoms. The number of likely N-dealkylation sites (tertiary alicyclic amines) is 1. The minimum absolute atomic E-state index is 0.0978. The van der Waals surface area contributed by atoms with Crippen molar-refractivity contribution in [2.45, 2.75) is 56.9 Å². The molecule has 3 atom stereocenters. The molecule has 45 heavy (non-hydrogen) atoms. The van der Waals surface area contributed by atoms with Crippen LogP contribution in [0.4, 0.5) is 0 Å². The quantitative estimate of drug-likeness (QED) is 0.183. The largest absolute Gasteiger partial charge is 0.424 e. The molecule has 1 saturated heterocycles. The lowest BCUT2D eigenvalue weighted by molar-refractivity contribution is -0.0119. The van der Waals surface area contributed by atoms with Crippen molar-refractivity contribution < 1.29 is 9.53 Å². The van der Waals surface area contributed by atoms with Gasteiger partial charge in [0.05, 0.1) is 24.3 Å². The second kappa shape index (κ2) is 13.2. The van der Waals surface area contributed by atoms with E-state index in [1.54, 1.807) is 12.1 Å². The third-order valence-electron chi connectivity index (χ3n) is 9.81. The van der Waals surface area contributed by atoms with Crippen molar-refractivity contribution in [2.75, 3.05) is 13.1 Å². The molecule has 0 amide bonds. The summed E-state index contributed by atoms with van der Waals surface area (Å²) in [6, 6.07) is 31.8. The average molecular weight is 676 g/mol.